The molecular weight excluding hydrogens is 240 g/mol. The lowest BCUT2D eigenvalue weighted by Crippen LogP contribution is -2.39. The summed E-state index contributed by atoms with van der Waals surface area (Å²) in [6.07, 6.45) is 6.80. The van der Waals surface area contributed by atoms with Gasteiger partial charge in [0.1, 0.15) is 18.0 Å². The van der Waals surface area contributed by atoms with Gasteiger partial charge in [-0.25, -0.2) is 9.97 Å². The van der Waals surface area contributed by atoms with Gasteiger partial charge in [-0.05, 0) is 26.2 Å². The van der Waals surface area contributed by atoms with Gasteiger partial charge in [0.25, 0.3) is 0 Å². The first-order valence-electron chi connectivity index (χ1n) is 7.21. The van der Waals surface area contributed by atoms with E-state index in [0.29, 0.717) is 0 Å². The van der Waals surface area contributed by atoms with E-state index in [-0.39, 0.29) is 12.1 Å². The quantitative estimate of drug-likeness (QED) is 0.734. The molecule has 1 saturated carbocycles. The summed E-state index contributed by atoms with van der Waals surface area (Å²) in [5, 5.41) is 16.4. The molecule has 0 atom stereocenters. The van der Waals surface area contributed by atoms with Gasteiger partial charge in [0, 0.05) is 12.1 Å². The average Bonchev–Trinajstić information content (AvgIpc) is 2.89. The van der Waals surface area contributed by atoms with E-state index >= 15 is 0 Å². The van der Waals surface area contributed by atoms with Crippen LogP contribution in [0, 0.1) is 0 Å². The third-order valence-electron chi connectivity index (χ3n) is 3.89. The van der Waals surface area contributed by atoms with E-state index in [1.54, 1.807) is 6.33 Å². The topological polar surface area (TPSA) is 70.1 Å². The highest BCUT2D eigenvalue weighted by atomic mass is 16.3. The van der Waals surface area contributed by atoms with Crippen molar-refractivity contribution in [2.75, 3.05) is 23.8 Å². The predicted octanol–water partition coefficient (Wildman–Crippen LogP) is 2.19. The second kappa shape index (κ2) is 6.19. The van der Waals surface area contributed by atoms with Gasteiger partial charge >= 0.3 is 0 Å². The number of nitrogens with one attached hydrogen (secondary N) is 2. The van der Waals surface area contributed by atoms with E-state index in [1.165, 1.54) is 12.8 Å². The van der Waals surface area contributed by atoms with E-state index < -0.39 is 0 Å². The fourth-order valence-electron chi connectivity index (χ4n) is 2.80. The molecule has 1 heterocycles. The zero-order valence-corrected chi connectivity index (χ0v) is 11.9. The number of hydrogen-bond acceptors (Lipinski definition) is 5. The minimum Gasteiger partial charge on any atom is -0.394 e. The fraction of sp³-hybridized carbons (Fsp3) is 0.714. The molecule has 3 N–H and O–H groups in total. The van der Waals surface area contributed by atoms with Crippen molar-refractivity contribution in [2.45, 2.75) is 51.5 Å². The Morgan fingerprint density at radius 3 is 2.47 bits per heavy atom. The molecule has 0 spiro atoms. The number of aliphatic hydroxyl groups is 1. The van der Waals surface area contributed by atoms with E-state index in [2.05, 4.69) is 34.4 Å². The zero-order valence-electron chi connectivity index (χ0n) is 11.9. The first-order chi connectivity index (χ1) is 9.24. The maximum atomic E-state index is 9.69. The summed E-state index contributed by atoms with van der Waals surface area (Å²) in [4.78, 5) is 8.67. The van der Waals surface area contributed by atoms with Gasteiger partial charge < -0.3 is 15.7 Å². The molecule has 1 aromatic rings. The van der Waals surface area contributed by atoms with Crippen LogP contribution >= 0.6 is 0 Å². The van der Waals surface area contributed by atoms with Gasteiger partial charge in [0.15, 0.2) is 0 Å². The molecule has 5 heteroatoms. The Bertz CT molecular complexity index is 416. The maximum Gasteiger partial charge on any atom is 0.135 e. The van der Waals surface area contributed by atoms with Gasteiger partial charge in [-0.15, -0.1) is 0 Å². The van der Waals surface area contributed by atoms with Gasteiger partial charge in [0.2, 0.25) is 0 Å². The summed E-state index contributed by atoms with van der Waals surface area (Å²) in [6, 6.07) is 0. The standard InChI is InChI=1S/C14H24N4O/c1-3-11-12(15-4-2)16-10-17-13(11)18-14(9-19)7-5-6-8-14/h10,19H,3-9H2,1-2H3,(H2,15,16,17,18). The number of rotatable bonds is 6. The summed E-state index contributed by atoms with van der Waals surface area (Å²) in [6.45, 7) is 5.16. The molecule has 2 rings (SSSR count). The molecule has 0 bridgehead atoms. The summed E-state index contributed by atoms with van der Waals surface area (Å²) in [5.41, 5.74) is 0.908. The second-order valence-electron chi connectivity index (χ2n) is 5.20. The molecule has 1 fully saturated rings. The van der Waals surface area contributed by atoms with Crippen LogP contribution in [-0.2, 0) is 6.42 Å². The monoisotopic (exact) mass is 264 g/mol. The summed E-state index contributed by atoms with van der Waals surface area (Å²) < 4.78 is 0. The molecule has 0 aliphatic heterocycles. The first kappa shape index (κ1) is 14.1. The van der Waals surface area contributed by atoms with Crippen molar-refractivity contribution in [3.8, 4) is 0 Å². The van der Waals surface area contributed by atoms with Crippen molar-refractivity contribution < 1.29 is 5.11 Å². The van der Waals surface area contributed by atoms with Gasteiger partial charge in [-0.3, -0.25) is 0 Å². The maximum absolute atomic E-state index is 9.69. The summed E-state index contributed by atoms with van der Waals surface area (Å²) in [7, 11) is 0. The second-order valence-corrected chi connectivity index (χ2v) is 5.20. The number of anilines is 2. The van der Waals surface area contributed by atoms with Crippen molar-refractivity contribution >= 4 is 11.6 Å². The lowest BCUT2D eigenvalue weighted by molar-refractivity contribution is 0.213. The fourth-order valence-corrected chi connectivity index (χ4v) is 2.80. The van der Waals surface area contributed by atoms with E-state index in [9.17, 15) is 5.11 Å². The molecule has 5 nitrogen and oxygen atoms in total. The SMILES string of the molecule is CCNc1ncnc(NC2(CO)CCCC2)c1CC. The van der Waals surface area contributed by atoms with Crippen molar-refractivity contribution in [1.82, 2.24) is 9.97 Å². The Morgan fingerprint density at radius 1 is 1.21 bits per heavy atom. The Kier molecular flexibility index (Phi) is 4.58. The molecule has 19 heavy (non-hydrogen) atoms. The highest BCUT2D eigenvalue weighted by molar-refractivity contribution is 5.58. The number of hydrogen-bond donors (Lipinski definition) is 3. The van der Waals surface area contributed by atoms with Crippen LogP contribution in [0.5, 0.6) is 0 Å². The molecule has 1 aliphatic carbocycles. The van der Waals surface area contributed by atoms with E-state index in [4.69, 9.17) is 0 Å². The van der Waals surface area contributed by atoms with Crippen molar-refractivity contribution in [3.63, 3.8) is 0 Å². The van der Waals surface area contributed by atoms with Gasteiger partial charge in [-0.2, -0.15) is 0 Å². The predicted molar refractivity (Wildman–Crippen MR) is 77.5 cm³/mol. The van der Waals surface area contributed by atoms with Crippen LogP contribution in [0.15, 0.2) is 6.33 Å². The molecule has 0 unspecified atom stereocenters. The summed E-state index contributed by atoms with van der Waals surface area (Å²) >= 11 is 0. The summed E-state index contributed by atoms with van der Waals surface area (Å²) in [5.74, 6) is 1.76. The van der Waals surface area contributed by atoms with E-state index in [0.717, 1.165) is 43.0 Å². The number of aromatic nitrogens is 2. The third-order valence-corrected chi connectivity index (χ3v) is 3.89. The van der Waals surface area contributed by atoms with Crippen LogP contribution in [0.2, 0.25) is 0 Å². The van der Waals surface area contributed by atoms with Gasteiger partial charge in [-0.1, -0.05) is 19.8 Å². The van der Waals surface area contributed by atoms with Crippen molar-refractivity contribution in [3.05, 3.63) is 11.9 Å². The molecule has 0 saturated heterocycles. The Balaban J connectivity index is 2.26. The minimum atomic E-state index is -0.193. The van der Waals surface area contributed by atoms with Crippen LogP contribution in [0.25, 0.3) is 0 Å². The Hall–Kier alpha value is -1.36. The minimum absolute atomic E-state index is 0.163. The Morgan fingerprint density at radius 2 is 1.89 bits per heavy atom. The molecule has 106 valence electrons. The normalized spacial score (nSPS) is 17.4. The van der Waals surface area contributed by atoms with Crippen LogP contribution in [0.4, 0.5) is 11.6 Å². The highest BCUT2D eigenvalue weighted by Crippen LogP contribution is 2.34. The van der Waals surface area contributed by atoms with Crippen LogP contribution in [-0.4, -0.2) is 33.8 Å². The largest absolute Gasteiger partial charge is 0.394 e. The lowest BCUT2D eigenvalue weighted by Gasteiger charge is -2.29. The van der Waals surface area contributed by atoms with Crippen LogP contribution in [0.3, 0.4) is 0 Å². The molecule has 1 aliphatic rings. The molecule has 0 amide bonds. The number of aliphatic hydroxyl groups excluding tert-OH is 1. The highest BCUT2D eigenvalue weighted by Gasteiger charge is 2.34. The smallest absolute Gasteiger partial charge is 0.135 e. The van der Waals surface area contributed by atoms with Crippen molar-refractivity contribution in [1.29, 1.82) is 0 Å². The van der Waals surface area contributed by atoms with Crippen molar-refractivity contribution in [2.24, 2.45) is 0 Å². The third kappa shape index (κ3) is 2.97. The Labute approximate surface area is 114 Å². The molecule has 1 aromatic heterocycles. The number of nitrogens with zero attached hydrogens (tertiary/aromatic N) is 2. The molecule has 0 aromatic carbocycles. The van der Waals surface area contributed by atoms with E-state index in [1.807, 2.05) is 0 Å². The van der Waals surface area contributed by atoms with Crippen LogP contribution in [0.1, 0.15) is 45.1 Å². The first-order valence-corrected chi connectivity index (χ1v) is 7.21. The lowest BCUT2D eigenvalue weighted by atomic mass is 9.98. The van der Waals surface area contributed by atoms with Gasteiger partial charge in [0.05, 0.1) is 12.1 Å². The zero-order chi connectivity index (χ0) is 13.7. The average molecular weight is 264 g/mol. The molecule has 0 radical (unpaired) electrons. The van der Waals surface area contributed by atoms with Crippen LogP contribution < -0.4 is 10.6 Å². The molecular formula is C14H24N4O.